The fourth-order valence-electron chi connectivity index (χ4n) is 3.08. The van der Waals surface area contributed by atoms with Crippen molar-refractivity contribution in [3.8, 4) is 11.4 Å². The van der Waals surface area contributed by atoms with E-state index in [0.717, 1.165) is 23.8 Å². The van der Waals surface area contributed by atoms with Crippen molar-refractivity contribution < 1.29 is 9.53 Å². The lowest BCUT2D eigenvalue weighted by Crippen LogP contribution is -2.36. The molecule has 0 spiro atoms. The molecule has 1 fully saturated rings. The molecule has 0 saturated carbocycles. The van der Waals surface area contributed by atoms with Crippen LogP contribution in [0.3, 0.4) is 0 Å². The number of thiazole rings is 1. The lowest BCUT2D eigenvalue weighted by atomic mass is 10.2. The highest BCUT2D eigenvalue weighted by Crippen LogP contribution is 2.38. The topological polar surface area (TPSA) is 85.2 Å². The first-order chi connectivity index (χ1) is 13.0. The maximum atomic E-state index is 12.1. The molecule has 142 valence electrons. The van der Waals surface area contributed by atoms with Crippen LogP contribution >= 0.6 is 22.9 Å². The maximum absolute atomic E-state index is 12.1. The molecule has 3 aromatic rings. The Morgan fingerprint density at radius 3 is 2.67 bits per heavy atom. The summed E-state index contributed by atoms with van der Waals surface area (Å²) in [6, 6.07) is -0.254. The summed E-state index contributed by atoms with van der Waals surface area (Å²) >= 11 is 7.94. The van der Waals surface area contributed by atoms with Crippen LogP contribution in [0.5, 0.6) is 0 Å². The van der Waals surface area contributed by atoms with E-state index in [1.54, 1.807) is 13.2 Å². The molecule has 0 bridgehead atoms. The molecule has 1 aliphatic rings. The zero-order valence-corrected chi connectivity index (χ0v) is 16.8. The van der Waals surface area contributed by atoms with Crippen LogP contribution in [0, 0.1) is 13.8 Å². The standard InChI is InChI=1S/C17H19ClN6O2S/c1-9-8-24(16(25)19-3)15-11(9)21-12(10(2)20-15)13-14(18)27-17(22-13)23-4-6-26-7-5-23/h8H,4-7H2,1-3H3,(H,19,25). The van der Waals surface area contributed by atoms with Crippen LogP contribution in [0.25, 0.3) is 22.6 Å². The molecular weight excluding hydrogens is 388 g/mol. The molecular formula is C17H19ClN6O2S. The molecule has 8 nitrogen and oxygen atoms in total. The Kier molecular flexibility index (Phi) is 4.75. The van der Waals surface area contributed by atoms with E-state index in [9.17, 15) is 4.79 Å². The van der Waals surface area contributed by atoms with Gasteiger partial charge in [0.25, 0.3) is 0 Å². The van der Waals surface area contributed by atoms with Crippen molar-refractivity contribution in [2.45, 2.75) is 13.8 Å². The van der Waals surface area contributed by atoms with E-state index >= 15 is 0 Å². The van der Waals surface area contributed by atoms with E-state index in [1.807, 2.05) is 13.8 Å². The Morgan fingerprint density at radius 2 is 1.96 bits per heavy atom. The van der Waals surface area contributed by atoms with Crippen molar-refractivity contribution in [1.29, 1.82) is 0 Å². The van der Waals surface area contributed by atoms with Gasteiger partial charge in [0.1, 0.15) is 21.2 Å². The van der Waals surface area contributed by atoms with Crippen LogP contribution in [-0.4, -0.2) is 58.9 Å². The van der Waals surface area contributed by atoms with E-state index in [-0.39, 0.29) is 6.03 Å². The van der Waals surface area contributed by atoms with Crippen LogP contribution in [0.2, 0.25) is 4.34 Å². The number of halogens is 1. The van der Waals surface area contributed by atoms with Crippen molar-refractivity contribution in [2.75, 3.05) is 38.3 Å². The number of rotatable bonds is 2. The predicted molar refractivity (Wildman–Crippen MR) is 106 cm³/mol. The average Bonchev–Trinajstić information content (AvgIpc) is 3.21. The normalized spacial score (nSPS) is 14.7. The maximum Gasteiger partial charge on any atom is 0.327 e. The van der Waals surface area contributed by atoms with Crippen LogP contribution in [0.4, 0.5) is 9.93 Å². The minimum atomic E-state index is -0.254. The van der Waals surface area contributed by atoms with Gasteiger partial charge in [-0.05, 0) is 19.4 Å². The SMILES string of the molecule is CNC(=O)n1cc(C)c2nc(-c3nc(N4CCOCC4)sc3Cl)c(C)nc21. The number of anilines is 1. The third-order valence-corrected chi connectivity index (χ3v) is 5.80. The monoisotopic (exact) mass is 406 g/mol. The quantitative estimate of drug-likeness (QED) is 0.704. The summed E-state index contributed by atoms with van der Waals surface area (Å²) in [4.78, 5) is 28.3. The van der Waals surface area contributed by atoms with Crippen molar-refractivity contribution in [2.24, 2.45) is 0 Å². The second kappa shape index (κ2) is 7.06. The summed E-state index contributed by atoms with van der Waals surface area (Å²) in [6.07, 6.45) is 1.73. The third kappa shape index (κ3) is 3.15. The summed E-state index contributed by atoms with van der Waals surface area (Å²) in [5.74, 6) is 0. The second-order valence-corrected chi connectivity index (χ2v) is 7.86. The Morgan fingerprint density at radius 1 is 1.22 bits per heavy atom. The average molecular weight is 407 g/mol. The molecule has 1 saturated heterocycles. The fourth-order valence-corrected chi connectivity index (χ4v) is 4.27. The summed E-state index contributed by atoms with van der Waals surface area (Å²) in [5.41, 5.74) is 3.99. The minimum absolute atomic E-state index is 0.254. The molecule has 1 amide bonds. The van der Waals surface area contributed by atoms with Gasteiger partial charge in [-0.25, -0.2) is 19.7 Å². The van der Waals surface area contributed by atoms with Gasteiger partial charge in [-0.1, -0.05) is 22.9 Å². The van der Waals surface area contributed by atoms with Gasteiger partial charge in [-0.15, -0.1) is 0 Å². The first-order valence-electron chi connectivity index (χ1n) is 8.57. The number of fused-ring (bicyclic) bond motifs is 1. The molecule has 4 rings (SSSR count). The lowest BCUT2D eigenvalue weighted by Gasteiger charge is -2.25. The molecule has 3 aromatic heterocycles. The molecule has 0 unspecified atom stereocenters. The van der Waals surface area contributed by atoms with Gasteiger partial charge in [0.15, 0.2) is 10.8 Å². The van der Waals surface area contributed by atoms with E-state index in [2.05, 4.69) is 15.2 Å². The number of aryl methyl sites for hydroxylation is 2. The van der Waals surface area contributed by atoms with E-state index in [1.165, 1.54) is 15.9 Å². The summed E-state index contributed by atoms with van der Waals surface area (Å²) in [5, 5.41) is 3.47. The number of morpholine rings is 1. The number of hydrogen-bond acceptors (Lipinski definition) is 7. The molecule has 0 aliphatic carbocycles. The molecule has 1 N–H and O–H groups in total. The Balaban J connectivity index is 1.80. The number of amides is 1. The highest BCUT2D eigenvalue weighted by molar-refractivity contribution is 7.20. The largest absolute Gasteiger partial charge is 0.378 e. The van der Waals surface area contributed by atoms with Crippen molar-refractivity contribution in [3.05, 3.63) is 21.8 Å². The molecule has 0 aromatic carbocycles. The number of carbonyl (C=O) groups excluding carboxylic acids is 1. The first kappa shape index (κ1) is 18.1. The second-order valence-electron chi connectivity index (χ2n) is 6.29. The molecule has 1 aliphatic heterocycles. The van der Waals surface area contributed by atoms with Crippen molar-refractivity contribution in [3.63, 3.8) is 0 Å². The number of aromatic nitrogens is 4. The third-order valence-electron chi connectivity index (χ3n) is 4.49. The minimum Gasteiger partial charge on any atom is -0.378 e. The molecule has 0 atom stereocenters. The number of nitrogens with one attached hydrogen (secondary N) is 1. The van der Waals surface area contributed by atoms with Crippen LogP contribution in [0.15, 0.2) is 6.20 Å². The van der Waals surface area contributed by atoms with Gasteiger partial charge in [0, 0.05) is 26.3 Å². The lowest BCUT2D eigenvalue weighted by molar-refractivity contribution is 0.122. The van der Waals surface area contributed by atoms with E-state index < -0.39 is 0 Å². The fraction of sp³-hybridized carbons (Fsp3) is 0.412. The number of ether oxygens (including phenoxy) is 1. The Bertz CT molecular complexity index is 1020. The van der Waals surface area contributed by atoms with Gasteiger partial charge in [-0.3, -0.25) is 4.57 Å². The molecule has 0 radical (unpaired) electrons. The van der Waals surface area contributed by atoms with E-state index in [0.29, 0.717) is 45.8 Å². The van der Waals surface area contributed by atoms with Crippen LogP contribution in [-0.2, 0) is 4.74 Å². The number of nitrogens with zero attached hydrogens (tertiary/aromatic N) is 5. The summed E-state index contributed by atoms with van der Waals surface area (Å²) in [7, 11) is 1.58. The van der Waals surface area contributed by atoms with Gasteiger partial charge >= 0.3 is 6.03 Å². The molecule has 27 heavy (non-hydrogen) atoms. The highest BCUT2D eigenvalue weighted by atomic mass is 35.5. The van der Waals surface area contributed by atoms with Crippen LogP contribution in [0.1, 0.15) is 11.3 Å². The smallest absolute Gasteiger partial charge is 0.327 e. The summed E-state index contributed by atoms with van der Waals surface area (Å²) < 4.78 is 7.45. The zero-order valence-electron chi connectivity index (χ0n) is 15.2. The predicted octanol–water partition coefficient (Wildman–Crippen LogP) is 2.85. The zero-order chi connectivity index (χ0) is 19.1. The Labute approximate surface area is 165 Å². The van der Waals surface area contributed by atoms with Crippen LogP contribution < -0.4 is 10.2 Å². The molecule has 4 heterocycles. The highest BCUT2D eigenvalue weighted by Gasteiger charge is 2.23. The number of carbonyl (C=O) groups is 1. The number of hydrogen-bond donors (Lipinski definition) is 1. The van der Waals surface area contributed by atoms with Crippen molar-refractivity contribution in [1.82, 2.24) is 24.8 Å². The Hall–Kier alpha value is -2.23. The van der Waals surface area contributed by atoms with Gasteiger partial charge in [0.2, 0.25) is 0 Å². The van der Waals surface area contributed by atoms with E-state index in [4.69, 9.17) is 26.3 Å². The van der Waals surface area contributed by atoms with Crippen molar-refractivity contribution >= 4 is 45.3 Å². The summed E-state index contributed by atoms with van der Waals surface area (Å²) in [6.45, 7) is 6.70. The van der Waals surface area contributed by atoms with Gasteiger partial charge in [-0.2, -0.15) is 0 Å². The first-order valence-corrected chi connectivity index (χ1v) is 9.76. The molecule has 10 heteroatoms. The van der Waals surface area contributed by atoms with Gasteiger partial charge < -0.3 is 15.0 Å². The van der Waals surface area contributed by atoms with Gasteiger partial charge in [0.05, 0.1) is 18.9 Å².